The van der Waals surface area contributed by atoms with Crippen molar-refractivity contribution in [3.05, 3.63) is 33.9 Å². The smallest absolute Gasteiger partial charge is 0.274 e. The Morgan fingerprint density at radius 1 is 1.53 bits per heavy atom. The van der Waals surface area contributed by atoms with Crippen LogP contribution in [0.2, 0.25) is 0 Å². The Morgan fingerprint density at radius 3 is 2.76 bits per heavy atom. The van der Waals surface area contributed by atoms with Crippen LogP contribution in [-0.2, 0) is 4.79 Å². The van der Waals surface area contributed by atoms with E-state index < -0.39 is 4.92 Å². The molecule has 0 aliphatic carbocycles. The summed E-state index contributed by atoms with van der Waals surface area (Å²) in [4.78, 5) is 23.7. The third kappa shape index (κ3) is 2.12. The van der Waals surface area contributed by atoms with Gasteiger partial charge in [0.05, 0.1) is 16.2 Å². The molecular formula is C11H12N2O3S. The number of nitro benzene ring substituents is 1. The quantitative estimate of drug-likeness (QED) is 0.497. The van der Waals surface area contributed by atoms with Crippen LogP contribution in [0, 0.1) is 17.0 Å². The van der Waals surface area contributed by atoms with E-state index in [2.05, 4.69) is 12.6 Å². The highest BCUT2D eigenvalue weighted by Crippen LogP contribution is 2.31. The van der Waals surface area contributed by atoms with Crippen molar-refractivity contribution in [3.63, 3.8) is 0 Å². The number of benzene rings is 1. The van der Waals surface area contributed by atoms with Crippen molar-refractivity contribution >= 4 is 29.9 Å². The summed E-state index contributed by atoms with van der Waals surface area (Å²) in [6.07, 6.45) is 0.380. The Bertz CT molecular complexity index is 490. The third-order valence-electron chi connectivity index (χ3n) is 2.87. The molecule has 1 fully saturated rings. The topological polar surface area (TPSA) is 63.5 Å². The van der Waals surface area contributed by atoms with E-state index in [4.69, 9.17) is 0 Å². The van der Waals surface area contributed by atoms with E-state index in [0.29, 0.717) is 24.2 Å². The second-order valence-electron chi connectivity index (χ2n) is 4.04. The zero-order valence-corrected chi connectivity index (χ0v) is 10.2. The predicted octanol–water partition coefficient (Wildman–Crippen LogP) is 1.94. The number of carbonyl (C=O) groups is 1. The number of hydrogen-bond acceptors (Lipinski definition) is 4. The highest BCUT2D eigenvalue weighted by atomic mass is 32.1. The summed E-state index contributed by atoms with van der Waals surface area (Å²) >= 11 is 4.27. The molecule has 17 heavy (non-hydrogen) atoms. The third-order valence-corrected chi connectivity index (χ3v) is 3.21. The molecule has 1 aliphatic rings. The average Bonchev–Trinajstić information content (AvgIpc) is 2.57. The number of hydrogen-bond donors (Lipinski definition) is 1. The number of anilines is 1. The van der Waals surface area contributed by atoms with E-state index in [1.54, 1.807) is 24.0 Å². The molecule has 1 aromatic carbocycles. The van der Waals surface area contributed by atoms with Gasteiger partial charge in [-0.3, -0.25) is 14.9 Å². The molecular weight excluding hydrogens is 240 g/mol. The van der Waals surface area contributed by atoms with Crippen LogP contribution in [0.4, 0.5) is 11.4 Å². The second kappa shape index (κ2) is 4.37. The molecule has 0 aromatic heterocycles. The second-order valence-corrected chi connectivity index (χ2v) is 4.77. The van der Waals surface area contributed by atoms with Crippen molar-refractivity contribution in [1.29, 1.82) is 0 Å². The first-order chi connectivity index (χ1) is 8.00. The lowest BCUT2D eigenvalue weighted by atomic mass is 10.1. The van der Waals surface area contributed by atoms with Gasteiger partial charge in [0.1, 0.15) is 0 Å². The summed E-state index contributed by atoms with van der Waals surface area (Å²) in [5, 5.41) is 10.8. The van der Waals surface area contributed by atoms with Crippen LogP contribution in [-0.4, -0.2) is 22.6 Å². The van der Waals surface area contributed by atoms with Gasteiger partial charge in [0.2, 0.25) is 5.91 Å². The Kier molecular flexibility index (Phi) is 3.06. The Morgan fingerprint density at radius 2 is 2.24 bits per heavy atom. The van der Waals surface area contributed by atoms with E-state index in [1.165, 1.54) is 6.07 Å². The Labute approximate surface area is 104 Å². The van der Waals surface area contributed by atoms with Gasteiger partial charge in [0, 0.05) is 24.3 Å². The van der Waals surface area contributed by atoms with Gasteiger partial charge in [-0.05, 0) is 13.0 Å². The van der Waals surface area contributed by atoms with Crippen molar-refractivity contribution in [2.24, 2.45) is 0 Å². The first kappa shape index (κ1) is 11.9. The molecule has 1 heterocycles. The molecule has 1 amide bonds. The summed E-state index contributed by atoms with van der Waals surface area (Å²) in [5.41, 5.74) is 1.17. The lowest BCUT2D eigenvalue weighted by molar-refractivity contribution is -0.385. The molecule has 6 heteroatoms. The summed E-state index contributed by atoms with van der Waals surface area (Å²) < 4.78 is 0. The highest BCUT2D eigenvalue weighted by Gasteiger charge is 2.30. The largest absolute Gasteiger partial charge is 0.311 e. The number of nitrogens with zero attached hydrogens (tertiary/aromatic N) is 2. The van der Waals surface area contributed by atoms with Crippen LogP contribution < -0.4 is 4.90 Å². The molecule has 90 valence electrons. The van der Waals surface area contributed by atoms with E-state index in [0.717, 1.165) is 0 Å². The molecule has 1 aromatic rings. The molecule has 2 rings (SSSR count). The maximum atomic E-state index is 11.7. The summed E-state index contributed by atoms with van der Waals surface area (Å²) in [6, 6.07) is 4.77. The molecule has 0 radical (unpaired) electrons. The molecule has 0 N–H and O–H groups in total. The fraction of sp³-hybridized carbons (Fsp3) is 0.364. The highest BCUT2D eigenvalue weighted by molar-refractivity contribution is 7.81. The maximum absolute atomic E-state index is 11.7. The normalized spacial score (nSPS) is 19.8. The van der Waals surface area contributed by atoms with E-state index in [-0.39, 0.29) is 16.8 Å². The van der Waals surface area contributed by atoms with Crippen LogP contribution in [0.15, 0.2) is 18.2 Å². The van der Waals surface area contributed by atoms with Gasteiger partial charge >= 0.3 is 0 Å². The number of rotatable bonds is 2. The molecule has 1 saturated heterocycles. The van der Waals surface area contributed by atoms with Crippen LogP contribution in [0.5, 0.6) is 0 Å². The van der Waals surface area contributed by atoms with Gasteiger partial charge in [-0.2, -0.15) is 12.6 Å². The zero-order chi connectivity index (χ0) is 12.6. The minimum Gasteiger partial charge on any atom is -0.311 e. The lowest BCUT2D eigenvalue weighted by Gasteiger charge is -2.18. The average molecular weight is 252 g/mol. The van der Waals surface area contributed by atoms with Gasteiger partial charge in [-0.15, -0.1) is 0 Å². The summed E-state index contributed by atoms with van der Waals surface area (Å²) in [6.45, 7) is 2.16. The van der Waals surface area contributed by atoms with E-state index in [1.807, 2.05) is 0 Å². The lowest BCUT2D eigenvalue weighted by Crippen LogP contribution is -2.25. The van der Waals surface area contributed by atoms with Gasteiger partial charge in [0.15, 0.2) is 0 Å². The van der Waals surface area contributed by atoms with Crippen molar-refractivity contribution in [2.75, 3.05) is 11.4 Å². The predicted molar refractivity (Wildman–Crippen MR) is 67.6 cm³/mol. The fourth-order valence-corrected chi connectivity index (χ4v) is 2.34. The van der Waals surface area contributed by atoms with Crippen LogP contribution in [0.1, 0.15) is 12.0 Å². The molecule has 1 atom stereocenters. The Balaban J connectivity index is 2.43. The standard InChI is InChI=1S/C11H12N2O3S/c1-7-9(3-2-4-10(7)13(15)16)12-6-8(17)5-11(12)14/h2-4,8,17H,5-6H2,1H3. The molecule has 0 saturated carbocycles. The van der Waals surface area contributed by atoms with Gasteiger partial charge < -0.3 is 4.90 Å². The monoisotopic (exact) mass is 252 g/mol. The zero-order valence-electron chi connectivity index (χ0n) is 9.29. The minimum atomic E-state index is -0.433. The first-order valence-corrected chi connectivity index (χ1v) is 5.74. The number of nitro groups is 1. The van der Waals surface area contributed by atoms with Gasteiger partial charge in [0.25, 0.3) is 5.69 Å². The SMILES string of the molecule is Cc1c(N2CC(S)CC2=O)cccc1[N+](=O)[O-]. The van der Waals surface area contributed by atoms with Gasteiger partial charge in [-0.1, -0.05) is 6.07 Å². The van der Waals surface area contributed by atoms with Crippen molar-refractivity contribution < 1.29 is 9.72 Å². The summed E-state index contributed by atoms with van der Waals surface area (Å²) in [7, 11) is 0. The molecule has 1 unspecified atom stereocenters. The van der Waals surface area contributed by atoms with E-state index >= 15 is 0 Å². The Hall–Kier alpha value is -1.56. The summed E-state index contributed by atoms with van der Waals surface area (Å²) in [5.74, 6) is -0.0337. The van der Waals surface area contributed by atoms with Crippen LogP contribution in [0.3, 0.4) is 0 Å². The molecule has 1 aliphatic heterocycles. The number of carbonyl (C=O) groups excluding carboxylic acids is 1. The molecule has 5 nitrogen and oxygen atoms in total. The number of thiol groups is 1. The van der Waals surface area contributed by atoms with Crippen molar-refractivity contribution in [1.82, 2.24) is 0 Å². The molecule has 0 bridgehead atoms. The van der Waals surface area contributed by atoms with Crippen LogP contribution in [0.25, 0.3) is 0 Å². The van der Waals surface area contributed by atoms with Crippen molar-refractivity contribution in [3.8, 4) is 0 Å². The van der Waals surface area contributed by atoms with Crippen LogP contribution >= 0.6 is 12.6 Å². The maximum Gasteiger partial charge on any atom is 0.274 e. The molecule has 0 spiro atoms. The number of amides is 1. The van der Waals surface area contributed by atoms with Crippen molar-refractivity contribution in [2.45, 2.75) is 18.6 Å². The fourth-order valence-electron chi connectivity index (χ4n) is 2.02. The minimum absolute atomic E-state index is 0.00108. The first-order valence-electron chi connectivity index (χ1n) is 5.23. The van der Waals surface area contributed by atoms with Gasteiger partial charge in [-0.25, -0.2) is 0 Å². The van der Waals surface area contributed by atoms with E-state index in [9.17, 15) is 14.9 Å².